The van der Waals surface area contributed by atoms with Crippen molar-refractivity contribution in [3.8, 4) is 17.2 Å². The Hall–Kier alpha value is -2.12. The normalized spacial score (nSPS) is 12.2. The van der Waals surface area contributed by atoms with Gasteiger partial charge in [0.15, 0.2) is 17.2 Å². The highest BCUT2D eigenvalue weighted by atomic mass is 19.4. The van der Waals surface area contributed by atoms with Gasteiger partial charge in [-0.15, -0.1) is 0 Å². The van der Waals surface area contributed by atoms with Gasteiger partial charge < -0.3 is 19.4 Å². The molecule has 112 valence electrons. The number of rotatable bonds is 5. The van der Waals surface area contributed by atoms with E-state index in [1.807, 2.05) is 0 Å². The largest absolute Gasteiger partial charge is 0.493 e. The molecule has 0 heterocycles. The van der Waals surface area contributed by atoms with Crippen LogP contribution in [0.4, 0.5) is 13.2 Å². The molecule has 5 nitrogen and oxygen atoms in total. The third-order valence-corrected chi connectivity index (χ3v) is 2.54. The highest BCUT2D eigenvalue weighted by Crippen LogP contribution is 2.38. The molecule has 0 bridgehead atoms. The quantitative estimate of drug-likeness (QED) is 0.515. The second kappa shape index (κ2) is 6.36. The minimum absolute atomic E-state index is 0.213. The maximum atomic E-state index is 12.5. The van der Waals surface area contributed by atoms with Crippen LogP contribution < -0.4 is 14.2 Å². The molecule has 8 heteroatoms. The van der Waals surface area contributed by atoms with Gasteiger partial charge in [-0.2, -0.15) is 13.2 Å². The summed E-state index contributed by atoms with van der Waals surface area (Å²) in [6, 6.07) is 2.72. The Morgan fingerprint density at radius 1 is 1.10 bits per heavy atom. The molecule has 0 atom stereocenters. The Kier molecular flexibility index (Phi) is 5.06. The highest BCUT2D eigenvalue weighted by Gasteiger charge is 2.36. The van der Waals surface area contributed by atoms with Crippen molar-refractivity contribution in [1.29, 1.82) is 0 Å². The molecule has 0 unspecified atom stereocenters. The smallest absolute Gasteiger partial charge is 0.433 e. The zero-order chi connectivity index (χ0) is 15.3. The zero-order valence-electron chi connectivity index (χ0n) is 11.1. The van der Waals surface area contributed by atoms with Crippen molar-refractivity contribution >= 4 is 5.71 Å². The fraction of sp³-hybridized carbons (Fsp3) is 0.417. The lowest BCUT2D eigenvalue weighted by molar-refractivity contribution is -0.0622. The summed E-state index contributed by atoms with van der Waals surface area (Å²) >= 11 is 0. The predicted octanol–water partition coefficient (Wildman–Crippen LogP) is 2.65. The monoisotopic (exact) mass is 293 g/mol. The molecule has 0 aliphatic heterocycles. The molecule has 1 N–H and O–H groups in total. The van der Waals surface area contributed by atoms with Crippen molar-refractivity contribution in [3.63, 3.8) is 0 Å². The van der Waals surface area contributed by atoms with Crippen LogP contribution in [0, 0.1) is 0 Å². The van der Waals surface area contributed by atoms with E-state index in [-0.39, 0.29) is 22.8 Å². The van der Waals surface area contributed by atoms with Crippen LogP contribution in [0.3, 0.4) is 0 Å². The molecule has 0 aromatic heterocycles. The van der Waals surface area contributed by atoms with Crippen LogP contribution in [0.15, 0.2) is 17.3 Å². The summed E-state index contributed by atoms with van der Waals surface area (Å²) in [5.74, 6) is 0.718. The predicted molar refractivity (Wildman–Crippen MR) is 65.1 cm³/mol. The van der Waals surface area contributed by atoms with Gasteiger partial charge in [0.05, 0.1) is 21.3 Å². The first kappa shape index (κ1) is 15.9. The van der Waals surface area contributed by atoms with Gasteiger partial charge in [0, 0.05) is 6.42 Å². The van der Waals surface area contributed by atoms with Gasteiger partial charge in [0.1, 0.15) is 0 Å². The number of oxime groups is 1. The summed E-state index contributed by atoms with van der Waals surface area (Å²) in [5, 5.41) is 10.7. The lowest BCUT2D eigenvalue weighted by Gasteiger charge is -2.15. The third-order valence-electron chi connectivity index (χ3n) is 2.54. The summed E-state index contributed by atoms with van der Waals surface area (Å²) in [6.45, 7) is 0. The number of hydrogen-bond donors (Lipinski definition) is 1. The van der Waals surface area contributed by atoms with Gasteiger partial charge in [0.2, 0.25) is 5.75 Å². The molecule has 1 rings (SSSR count). The minimum atomic E-state index is -4.71. The first-order valence-corrected chi connectivity index (χ1v) is 5.44. The van der Waals surface area contributed by atoms with Crippen molar-refractivity contribution in [1.82, 2.24) is 0 Å². The topological polar surface area (TPSA) is 60.3 Å². The lowest BCUT2D eigenvalue weighted by atomic mass is 10.1. The van der Waals surface area contributed by atoms with Crippen molar-refractivity contribution in [3.05, 3.63) is 17.7 Å². The van der Waals surface area contributed by atoms with Gasteiger partial charge in [-0.05, 0) is 17.7 Å². The summed E-state index contributed by atoms with van der Waals surface area (Å²) in [5.41, 5.74) is -1.10. The Labute approximate surface area is 113 Å². The van der Waals surface area contributed by atoms with Gasteiger partial charge >= 0.3 is 6.18 Å². The molecule has 0 radical (unpaired) electrons. The summed E-state index contributed by atoms with van der Waals surface area (Å²) in [6.07, 6.45) is -5.33. The molecule has 20 heavy (non-hydrogen) atoms. The van der Waals surface area contributed by atoms with Crippen molar-refractivity contribution in [2.24, 2.45) is 5.16 Å². The number of nitrogens with zero attached hydrogens (tertiary/aromatic N) is 1. The Balaban J connectivity index is 3.20. The zero-order valence-corrected chi connectivity index (χ0v) is 11.1. The summed E-state index contributed by atoms with van der Waals surface area (Å²) in [4.78, 5) is 0. The molecule has 0 aliphatic carbocycles. The van der Waals surface area contributed by atoms with Crippen LogP contribution in [0.5, 0.6) is 17.2 Å². The molecule has 1 aromatic carbocycles. The number of halogens is 3. The molecular weight excluding hydrogens is 279 g/mol. The Bertz CT molecular complexity index is 475. The van der Waals surface area contributed by atoms with Crippen molar-refractivity contribution in [2.45, 2.75) is 12.6 Å². The van der Waals surface area contributed by atoms with Crippen LogP contribution in [-0.2, 0) is 6.42 Å². The van der Waals surface area contributed by atoms with E-state index in [0.29, 0.717) is 0 Å². The fourth-order valence-corrected chi connectivity index (χ4v) is 1.62. The average Bonchev–Trinajstić information content (AvgIpc) is 2.41. The second-order valence-electron chi connectivity index (χ2n) is 3.75. The lowest BCUT2D eigenvalue weighted by Crippen LogP contribution is -2.25. The molecule has 0 saturated heterocycles. The van der Waals surface area contributed by atoms with Crippen LogP contribution in [0.2, 0.25) is 0 Å². The second-order valence-corrected chi connectivity index (χ2v) is 3.75. The van der Waals surface area contributed by atoms with Gasteiger partial charge in [-0.25, -0.2) is 0 Å². The Morgan fingerprint density at radius 2 is 1.60 bits per heavy atom. The molecule has 0 amide bonds. The van der Waals surface area contributed by atoms with Crippen molar-refractivity contribution in [2.75, 3.05) is 21.3 Å². The van der Waals surface area contributed by atoms with Crippen LogP contribution in [0.1, 0.15) is 5.56 Å². The number of methoxy groups -OCH3 is 3. The standard InChI is InChI=1S/C12H14F3NO4/c1-18-8-4-7(5-9(19-2)11(8)20-3)6-10(16-17)12(13,14)15/h4-5,17H,6H2,1-3H3. The highest BCUT2D eigenvalue weighted by molar-refractivity contribution is 5.91. The molecule has 0 aliphatic rings. The van der Waals surface area contributed by atoms with E-state index in [1.54, 1.807) is 0 Å². The first-order valence-electron chi connectivity index (χ1n) is 5.44. The van der Waals surface area contributed by atoms with Crippen LogP contribution in [0.25, 0.3) is 0 Å². The number of benzene rings is 1. The van der Waals surface area contributed by atoms with Crippen LogP contribution in [-0.4, -0.2) is 38.4 Å². The number of ether oxygens (including phenoxy) is 3. The first-order chi connectivity index (χ1) is 9.37. The van der Waals surface area contributed by atoms with Gasteiger partial charge in [-0.3, -0.25) is 0 Å². The molecule has 0 fully saturated rings. The Morgan fingerprint density at radius 3 is 1.90 bits per heavy atom. The summed E-state index contributed by atoms with van der Waals surface area (Å²) in [7, 11) is 4.09. The molecular formula is C12H14F3NO4. The third kappa shape index (κ3) is 3.46. The van der Waals surface area contributed by atoms with Gasteiger partial charge in [0.25, 0.3) is 0 Å². The van der Waals surface area contributed by atoms with E-state index >= 15 is 0 Å². The van der Waals surface area contributed by atoms with Gasteiger partial charge in [-0.1, -0.05) is 5.16 Å². The van der Waals surface area contributed by atoms with E-state index in [9.17, 15) is 13.2 Å². The molecule has 0 saturated carbocycles. The van der Waals surface area contributed by atoms with E-state index in [0.717, 1.165) is 0 Å². The fourth-order valence-electron chi connectivity index (χ4n) is 1.62. The number of hydrogen-bond acceptors (Lipinski definition) is 5. The summed E-state index contributed by atoms with van der Waals surface area (Å²) < 4.78 is 52.7. The SMILES string of the molecule is COc1cc(CC(=NO)C(F)(F)F)cc(OC)c1OC. The number of alkyl halides is 3. The minimum Gasteiger partial charge on any atom is -0.493 e. The molecule has 0 spiro atoms. The molecule has 1 aromatic rings. The van der Waals surface area contributed by atoms with E-state index in [4.69, 9.17) is 19.4 Å². The maximum Gasteiger partial charge on any atom is 0.433 e. The maximum absolute atomic E-state index is 12.5. The van der Waals surface area contributed by atoms with Crippen molar-refractivity contribution < 1.29 is 32.6 Å². The average molecular weight is 293 g/mol. The van der Waals surface area contributed by atoms with E-state index < -0.39 is 18.3 Å². The van der Waals surface area contributed by atoms with Crippen LogP contribution >= 0.6 is 0 Å². The van der Waals surface area contributed by atoms with E-state index in [1.165, 1.54) is 33.5 Å². The van der Waals surface area contributed by atoms with E-state index in [2.05, 4.69) is 5.16 Å².